The lowest BCUT2D eigenvalue weighted by Crippen LogP contribution is -2.20. The third-order valence-electron chi connectivity index (χ3n) is 3.88. The van der Waals surface area contributed by atoms with E-state index in [1.165, 1.54) is 5.39 Å². The number of hydrogen-bond acceptors (Lipinski definition) is 2. The normalized spacial score (nSPS) is 11.5. The maximum atomic E-state index is 12.2. The van der Waals surface area contributed by atoms with E-state index in [4.69, 9.17) is 0 Å². The quantitative estimate of drug-likeness (QED) is 0.568. The van der Waals surface area contributed by atoms with Crippen LogP contribution in [0.3, 0.4) is 0 Å². The predicted octanol–water partition coefficient (Wildman–Crippen LogP) is 4.30. The van der Waals surface area contributed by atoms with Crippen LogP contribution in [0.25, 0.3) is 10.8 Å². The fourth-order valence-corrected chi connectivity index (χ4v) is 2.50. The Kier molecular flexibility index (Phi) is 4.20. The molecule has 3 nitrogen and oxygen atoms in total. The zero-order chi connectivity index (χ0) is 16.2. The van der Waals surface area contributed by atoms with Crippen molar-refractivity contribution in [3.63, 3.8) is 0 Å². The number of carbonyl (C=O) groups is 1. The smallest absolute Gasteiger partial charge is 0.267 e. The first-order valence-corrected chi connectivity index (χ1v) is 7.54. The summed E-state index contributed by atoms with van der Waals surface area (Å²) in [5.74, 6) is -0.191. The summed E-state index contributed by atoms with van der Waals surface area (Å²) in [6.07, 6.45) is 0. The van der Waals surface area contributed by atoms with E-state index in [0.29, 0.717) is 5.56 Å². The number of aryl methyl sites for hydroxylation is 1. The Labute approximate surface area is 135 Å². The highest BCUT2D eigenvalue weighted by Gasteiger charge is 2.07. The van der Waals surface area contributed by atoms with Crippen LogP contribution >= 0.6 is 0 Å². The van der Waals surface area contributed by atoms with Gasteiger partial charge in [-0.3, -0.25) is 4.79 Å². The van der Waals surface area contributed by atoms with Gasteiger partial charge in [0.15, 0.2) is 0 Å². The summed E-state index contributed by atoms with van der Waals surface area (Å²) in [6.45, 7) is 3.80. The van der Waals surface area contributed by atoms with E-state index >= 15 is 0 Å². The largest absolute Gasteiger partial charge is 0.271 e. The molecule has 114 valence electrons. The van der Waals surface area contributed by atoms with Crippen LogP contribution in [0.4, 0.5) is 0 Å². The fraction of sp³-hybridized carbons (Fsp3) is 0.100. The van der Waals surface area contributed by atoms with Gasteiger partial charge in [-0.1, -0.05) is 54.6 Å². The van der Waals surface area contributed by atoms with E-state index < -0.39 is 0 Å². The number of benzene rings is 3. The van der Waals surface area contributed by atoms with Crippen LogP contribution in [0, 0.1) is 6.92 Å². The van der Waals surface area contributed by atoms with E-state index in [9.17, 15) is 4.79 Å². The van der Waals surface area contributed by atoms with E-state index in [1.54, 1.807) is 6.07 Å². The molecule has 0 saturated carbocycles. The molecule has 3 aromatic rings. The van der Waals surface area contributed by atoms with Crippen LogP contribution in [-0.4, -0.2) is 11.6 Å². The van der Waals surface area contributed by atoms with Crippen LogP contribution in [0.5, 0.6) is 0 Å². The van der Waals surface area contributed by atoms with Gasteiger partial charge in [0.25, 0.3) is 5.91 Å². The molecule has 3 heteroatoms. The van der Waals surface area contributed by atoms with Crippen molar-refractivity contribution in [3.8, 4) is 0 Å². The number of fused-ring (bicyclic) bond motifs is 1. The van der Waals surface area contributed by atoms with Gasteiger partial charge in [-0.05, 0) is 47.9 Å². The van der Waals surface area contributed by atoms with Crippen molar-refractivity contribution in [2.24, 2.45) is 5.10 Å². The van der Waals surface area contributed by atoms with Gasteiger partial charge in [0.2, 0.25) is 0 Å². The molecule has 0 saturated heterocycles. The zero-order valence-electron chi connectivity index (χ0n) is 13.2. The lowest BCUT2D eigenvalue weighted by atomic mass is 10.0. The zero-order valence-corrected chi connectivity index (χ0v) is 13.2. The van der Waals surface area contributed by atoms with Gasteiger partial charge in [0.1, 0.15) is 0 Å². The topological polar surface area (TPSA) is 41.5 Å². The highest BCUT2D eigenvalue weighted by molar-refractivity contribution is 6.03. The highest BCUT2D eigenvalue weighted by atomic mass is 16.2. The highest BCUT2D eigenvalue weighted by Crippen LogP contribution is 2.16. The maximum Gasteiger partial charge on any atom is 0.271 e. The summed E-state index contributed by atoms with van der Waals surface area (Å²) in [5, 5.41) is 6.58. The van der Waals surface area contributed by atoms with Crippen molar-refractivity contribution in [2.45, 2.75) is 13.8 Å². The van der Waals surface area contributed by atoms with E-state index in [-0.39, 0.29) is 5.91 Å². The summed E-state index contributed by atoms with van der Waals surface area (Å²) in [5.41, 5.74) is 5.98. The molecule has 0 unspecified atom stereocenters. The van der Waals surface area contributed by atoms with Gasteiger partial charge in [-0.15, -0.1) is 0 Å². The lowest BCUT2D eigenvalue weighted by Gasteiger charge is -2.06. The molecule has 0 bridgehead atoms. The molecule has 3 aromatic carbocycles. The molecular weight excluding hydrogens is 284 g/mol. The van der Waals surface area contributed by atoms with E-state index in [0.717, 1.165) is 22.2 Å². The first-order valence-electron chi connectivity index (χ1n) is 7.54. The molecule has 0 heterocycles. The van der Waals surface area contributed by atoms with Crippen molar-refractivity contribution in [3.05, 3.63) is 83.4 Å². The number of nitrogens with one attached hydrogen (secondary N) is 1. The SMILES string of the molecule is CC(=NNC(=O)c1ccccc1C)c1ccc2ccccc2c1. The number of carbonyl (C=O) groups excluding carboxylic acids is 1. The van der Waals surface area contributed by atoms with Gasteiger partial charge in [-0.2, -0.15) is 5.10 Å². The third-order valence-corrected chi connectivity index (χ3v) is 3.88. The molecule has 0 fully saturated rings. The molecular formula is C20H18N2O. The standard InChI is InChI=1S/C20H18N2O/c1-14-7-3-6-10-19(14)20(23)22-21-15(2)17-12-11-16-8-4-5-9-18(16)13-17/h3-13H,1-2H3,(H,22,23). The number of nitrogens with zero attached hydrogens (tertiary/aromatic N) is 1. The average Bonchev–Trinajstić information content (AvgIpc) is 2.59. The van der Waals surface area contributed by atoms with Crippen molar-refractivity contribution in [2.75, 3.05) is 0 Å². The average molecular weight is 302 g/mol. The summed E-state index contributed by atoms with van der Waals surface area (Å²) in [4.78, 5) is 12.2. The number of amides is 1. The summed E-state index contributed by atoms with van der Waals surface area (Å²) in [7, 11) is 0. The van der Waals surface area contributed by atoms with Gasteiger partial charge >= 0.3 is 0 Å². The first-order chi connectivity index (χ1) is 11.1. The van der Waals surface area contributed by atoms with Gasteiger partial charge in [0.05, 0.1) is 5.71 Å². The summed E-state index contributed by atoms with van der Waals surface area (Å²) >= 11 is 0. The molecule has 23 heavy (non-hydrogen) atoms. The maximum absolute atomic E-state index is 12.2. The molecule has 0 aliphatic heterocycles. The van der Waals surface area contributed by atoms with E-state index in [2.05, 4.69) is 34.8 Å². The monoisotopic (exact) mass is 302 g/mol. The lowest BCUT2D eigenvalue weighted by molar-refractivity contribution is 0.0954. The van der Waals surface area contributed by atoms with E-state index in [1.807, 2.05) is 50.2 Å². The Morgan fingerprint density at radius 3 is 2.39 bits per heavy atom. The second-order valence-corrected chi connectivity index (χ2v) is 5.51. The van der Waals surface area contributed by atoms with Crippen molar-refractivity contribution in [1.29, 1.82) is 0 Å². The molecule has 0 spiro atoms. The van der Waals surface area contributed by atoms with Gasteiger partial charge in [0, 0.05) is 5.56 Å². The Bertz CT molecular complexity index is 897. The molecule has 0 radical (unpaired) electrons. The second kappa shape index (κ2) is 6.44. The Morgan fingerprint density at radius 1 is 0.913 bits per heavy atom. The second-order valence-electron chi connectivity index (χ2n) is 5.51. The van der Waals surface area contributed by atoms with Crippen LogP contribution in [-0.2, 0) is 0 Å². The Balaban J connectivity index is 1.81. The molecule has 1 amide bonds. The first kappa shape index (κ1) is 15.0. The number of hydrazone groups is 1. The molecule has 0 aliphatic rings. The summed E-state index contributed by atoms with van der Waals surface area (Å²) < 4.78 is 0. The molecule has 0 atom stereocenters. The van der Waals surface area contributed by atoms with Crippen molar-refractivity contribution < 1.29 is 4.79 Å². The van der Waals surface area contributed by atoms with Gasteiger partial charge < -0.3 is 0 Å². The third kappa shape index (κ3) is 3.29. The number of hydrogen-bond donors (Lipinski definition) is 1. The minimum absolute atomic E-state index is 0.191. The van der Waals surface area contributed by atoms with Crippen LogP contribution in [0.2, 0.25) is 0 Å². The van der Waals surface area contributed by atoms with Gasteiger partial charge in [-0.25, -0.2) is 5.43 Å². The van der Waals surface area contributed by atoms with Crippen LogP contribution in [0.1, 0.15) is 28.4 Å². The fourth-order valence-electron chi connectivity index (χ4n) is 2.50. The van der Waals surface area contributed by atoms with Crippen LogP contribution < -0.4 is 5.43 Å². The molecule has 1 N–H and O–H groups in total. The minimum atomic E-state index is -0.191. The molecule has 0 aromatic heterocycles. The number of rotatable bonds is 3. The molecule has 3 rings (SSSR count). The molecule has 0 aliphatic carbocycles. The Morgan fingerprint density at radius 2 is 1.61 bits per heavy atom. The van der Waals surface area contributed by atoms with Crippen molar-refractivity contribution >= 4 is 22.4 Å². The Hall–Kier alpha value is -2.94. The minimum Gasteiger partial charge on any atom is -0.267 e. The summed E-state index contributed by atoms with van der Waals surface area (Å²) in [6, 6.07) is 21.8. The van der Waals surface area contributed by atoms with Crippen LogP contribution in [0.15, 0.2) is 71.8 Å². The predicted molar refractivity (Wildman–Crippen MR) is 94.8 cm³/mol. The van der Waals surface area contributed by atoms with Crippen molar-refractivity contribution in [1.82, 2.24) is 5.43 Å².